The largest absolute Gasteiger partial charge is 0.207 e. The number of alkyl halides is 1. The van der Waals surface area contributed by atoms with Crippen LogP contribution in [0.1, 0.15) is 37.7 Å². The van der Waals surface area contributed by atoms with Crippen molar-refractivity contribution in [1.29, 1.82) is 0 Å². The van der Waals surface area contributed by atoms with Gasteiger partial charge >= 0.3 is 0 Å². The second kappa shape index (κ2) is 5.32. The summed E-state index contributed by atoms with van der Waals surface area (Å²) in [6, 6.07) is 7.16. The molecule has 4 atom stereocenters. The van der Waals surface area contributed by atoms with E-state index in [0.29, 0.717) is 4.83 Å². The average Bonchev–Trinajstić information content (AvgIpc) is 2.94. The minimum atomic E-state index is -0.0603. The fourth-order valence-electron chi connectivity index (χ4n) is 3.98. The van der Waals surface area contributed by atoms with Gasteiger partial charge in [-0.15, -0.1) is 0 Å². The highest BCUT2D eigenvalue weighted by molar-refractivity contribution is 9.09. The quantitative estimate of drug-likeness (QED) is 0.690. The predicted molar refractivity (Wildman–Crippen MR) is 76.4 cm³/mol. The Labute approximate surface area is 117 Å². The number of hydrogen-bond acceptors (Lipinski definition) is 0. The van der Waals surface area contributed by atoms with Crippen molar-refractivity contribution in [3.05, 3.63) is 35.6 Å². The van der Waals surface area contributed by atoms with E-state index in [9.17, 15) is 4.39 Å². The van der Waals surface area contributed by atoms with Crippen LogP contribution < -0.4 is 0 Å². The maximum absolute atomic E-state index is 13.6. The maximum atomic E-state index is 13.6. The van der Waals surface area contributed by atoms with E-state index in [1.54, 1.807) is 12.1 Å². The molecule has 3 rings (SSSR count). The van der Waals surface area contributed by atoms with Crippen LogP contribution in [0.15, 0.2) is 24.3 Å². The maximum Gasteiger partial charge on any atom is 0.126 e. The molecular formula is C16H20BrF. The Balaban J connectivity index is 1.56. The van der Waals surface area contributed by atoms with Crippen LogP contribution in [0.2, 0.25) is 0 Å². The summed E-state index contributed by atoms with van der Waals surface area (Å²) in [6.45, 7) is 0. The van der Waals surface area contributed by atoms with Gasteiger partial charge in [0.05, 0.1) is 0 Å². The molecule has 0 radical (unpaired) electrons. The fourth-order valence-corrected chi connectivity index (χ4v) is 4.81. The normalized spacial score (nSPS) is 31.8. The zero-order valence-electron chi connectivity index (χ0n) is 10.6. The lowest BCUT2D eigenvalue weighted by Gasteiger charge is -2.24. The Kier molecular flexibility index (Phi) is 3.74. The van der Waals surface area contributed by atoms with Gasteiger partial charge in [-0.3, -0.25) is 0 Å². The zero-order valence-corrected chi connectivity index (χ0v) is 12.2. The van der Waals surface area contributed by atoms with E-state index in [2.05, 4.69) is 15.9 Å². The molecule has 1 aromatic carbocycles. The monoisotopic (exact) mass is 310 g/mol. The Morgan fingerprint density at radius 2 is 2.06 bits per heavy atom. The van der Waals surface area contributed by atoms with E-state index in [0.717, 1.165) is 29.7 Å². The van der Waals surface area contributed by atoms with Gasteiger partial charge in [0.1, 0.15) is 5.82 Å². The summed E-state index contributed by atoms with van der Waals surface area (Å²) in [7, 11) is 0. The van der Waals surface area contributed by atoms with Crippen molar-refractivity contribution in [3.63, 3.8) is 0 Å². The van der Waals surface area contributed by atoms with Crippen LogP contribution >= 0.6 is 15.9 Å². The van der Waals surface area contributed by atoms with Gasteiger partial charge < -0.3 is 0 Å². The van der Waals surface area contributed by atoms with Gasteiger partial charge in [0.2, 0.25) is 0 Å². The molecule has 0 aromatic heterocycles. The molecule has 4 unspecified atom stereocenters. The molecule has 0 heterocycles. The van der Waals surface area contributed by atoms with Crippen molar-refractivity contribution >= 4 is 15.9 Å². The third-order valence-corrected chi connectivity index (χ3v) is 5.54. The number of rotatable bonds is 4. The first kappa shape index (κ1) is 12.7. The molecule has 2 fully saturated rings. The van der Waals surface area contributed by atoms with Crippen LogP contribution in [0.25, 0.3) is 0 Å². The van der Waals surface area contributed by atoms with Gasteiger partial charge in [0.25, 0.3) is 0 Å². The third kappa shape index (κ3) is 2.64. The van der Waals surface area contributed by atoms with Crippen LogP contribution in [-0.2, 0) is 6.42 Å². The Hall–Kier alpha value is -0.370. The lowest BCUT2D eigenvalue weighted by Crippen LogP contribution is -2.17. The number of fused-ring (bicyclic) bond motifs is 2. The molecular weight excluding hydrogens is 291 g/mol. The third-order valence-electron chi connectivity index (χ3n) is 4.84. The highest BCUT2D eigenvalue weighted by atomic mass is 79.9. The highest BCUT2D eigenvalue weighted by Gasteiger charge is 2.39. The Bertz CT molecular complexity index is 417. The van der Waals surface area contributed by atoms with Gasteiger partial charge in [0, 0.05) is 4.83 Å². The van der Waals surface area contributed by atoms with E-state index in [1.807, 2.05) is 12.1 Å². The van der Waals surface area contributed by atoms with Gasteiger partial charge in [-0.1, -0.05) is 40.5 Å². The predicted octanol–water partition coefficient (Wildman–Crippen LogP) is 4.96. The van der Waals surface area contributed by atoms with Gasteiger partial charge in [0.15, 0.2) is 0 Å². The molecule has 2 aliphatic rings. The molecule has 2 heteroatoms. The standard InChI is InChI=1S/C16H20BrF/c17-15(9-13-3-1-2-4-16(13)18)10-14-8-11-5-6-12(14)7-11/h1-4,11-12,14-15H,5-10H2. The molecule has 98 valence electrons. The molecule has 2 saturated carbocycles. The van der Waals surface area contributed by atoms with Crippen molar-refractivity contribution < 1.29 is 4.39 Å². The van der Waals surface area contributed by atoms with Gasteiger partial charge in [-0.05, 0) is 61.5 Å². The summed E-state index contributed by atoms with van der Waals surface area (Å²) < 4.78 is 13.6. The summed E-state index contributed by atoms with van der Waals surface area (Å²) in [5.74, 6) is 2.80. The highest BCUT2D eigenvalue weighted by Crippen LogP contribution is 2.50. The van der Waals surface area contributed by atoms with Crippen LogP contribution in [0.3, 0.4) is 0 Å². The van der Waals surface area contributed by atoms with Crippen LogP contribution in [0, 0.1) is 23.6 Å². The minimum Gasteiger partial charge on any atom is -0.207 e. The summed E-state index contributed by atoms with van der Waals surface area (Å²) in [5, 5.41) is 0. The van der Waals surface area contributed by atoms with Crippen LogP contribution in [0.4, 0.5) is 4.39 Å². The lowest BCUT2D eigenvalue weighted by molar-refractivity contribution is 0.312. The molecule has 2 aliphatic carbocycles. The molecule has 0 N–H and O–H groups in total. The Morgan fingerprint density at radius 1 is 1.22 bits per heavy atom. The molecule has 0 spiro atoms. The van der Waals surface area contributed by atoms with Crippen molar-refractivity contribution in [2.24, 2.45) is 17.8 Å². The number of halogens is 2. The molecule has 0 aliphatic heterocycles. The van der Waals surface area contributed by atoms with Crippen molar-refractivity contribution in [1.82, 2.24) is 0 Å². The van der Waals surface area contributed by atoms with Crippen molar-refractivity contribution in [2.45, 2.75) is 43.4 Å². The van der Waals surface area contributed by atoms with Gasteiger partial charge in [-0.2, -0.15) is 0 Å². The number of benzene rings is 1. The van der Waals surface area contributed by atoms with Crippen molar-refractivity contribution in [3.8, 4) is 0 Å². The first-order valence-corrected chi connectivity index (χ1v) is 8.01. The van der Waals surface area contributed by atoms with Crippen LogP contribution in [0.5, 0.6) is 0 Å². The van der Waals surface area contributed by atoms with Crippen LogP contribution in [-0.4, -0.2) is 4.83 Å². The van der Waals surface area contributed by atoms with Crippen molar-refractivity contribution in [2.75, 3.05) is 0 Å². The topological polar surface area (TPSA) is 0 Å². The minimum absolute atomic E-state index is 0.0603. The first-order chi connectivity index (χ1) is 8.72. The molecule has 2 bridgehead atoms. The van der Waals surface area contributed by atoms with E-state index < -0.39 is 0 Å². The average molecular weight is 311 g/mol. The SMILES string of the molecule is Fc1ccccc1CC(Br)CC1CC2CCC1C2. The summed E-state index contributed by atoms with van der Waals surface area (Å²) in [5.41, 5.74) is 0.850. The van der Waals surface area contributed by atoms with E-state index in [1.165, 1.54) is 32.1 Å². The smallest absolute Gasteiger partial charge is 0.126 e. The molecule has 0 saturated heterocycles. The van der Waals surface area contributed by atoms with E-state index in [-0.39, 0.29) is 5.82 Å². The number of hydrogen-bond donors (Lipinski definition) is 0. The van der Waals surface area contributed by atoms with E-state index >= 15 is 0 Å². The fraction of sp³-hybridized carbons (Fsp3) is 0.625. The molecule has 1 aromatic rings. The molecule has 0 nitrogen and oxygen atoms in total. The second-order valence-electron chi connectivity index (χ2n) is 6.06. The summed E-state index contributed by atoms with van der Waals surface area (Å²) in [4.78, 5) is 0.429. The summed E-state index contributed by atoms with van der Waals surface area (Å²) in [6.07, 6.45) is 7.82. The zero-order chi connectivity index (χ0) is 12.5. The lowest BCUT2D eigenvalue weighted by atomic mass is 9.85. The first-order valence-electron chi connectivity index (χ1n) is 7.10. The Morgan fingerprint density at radius 3 is 2.72 bits per heavy atom. The van der Waals surface area contributed by atoms with E-state index in [4.69, 9.17) is 0 Å². The summed E-state index contributed by atoms with van der Waals surface area (Å²) >= 11 is 3.76. The van der Waals surface area contributed by atoms with Gasteiger partial charge in [-0.25, -0.2) is 4.39 Å². The second-order valence-corrected chi connectivity index (χ2v) is 7.36. The molecule has 0 amide bonds. The molecule has 18 heavy (non-hydrogen) atoms.